The fourth-order valence-electron chi connectivity index (χ4n) is 3.12. The van der Waals surface area contributed by atoms with Crippen molar-refractivity contribution in [1.82, 2.24) is 15.3 Å². The van der Waals surface area contributed by atoms with E-state index in [1.807, 2.05) is 0 Å². The topological polar surface area (TPSA) is 99.2 Å². The Bertz CT molecular complexity index is 1130. The number of halogens is 2. The van der Waals surface area contributed by atoms with Crippen molar-refractivity contribution in [2.24, 2.45) is 0 Å². The van der Waals surface area contributed by atoms with Crippen LogP contribution in [0.15, 0.2) is 47.8 Å². The molecule has 11 heteroatoms. The van der Waals surface area contributed by atoms with Gasteiger partial charge >= 0.3 is 6.03 Å². The molecule has 0 bridgehead atoms. The van der Waals surface area contributed by atoms with Crippen LogP contribution in [0.4, 0.5) is 19.5 Å². The summed E-state index contributed by atoms with van der Waals surface area (Å²) in [6.07, 6.45) is 4.76. The van der Waals surface area contributed by atoms with Crippen LogP contribution in [0.2, 0.25) is 0 Å². The number of allylic oxidation sites excluding steroid dienone is 2. The van der Waals surface area contributed by atoms with Crippen LogP contribution in [0.3, 0.4) is 0 Å². The Morgan fingerprint density at radius 2 is 2.12 bits per heavy atom. The van der Waals surface area contributed by atoms with Crippen LogP contribution < -0.4 is 15.4 Å². The zero-order valence-corrected chi connectivity index (χ0v) is 18.4. The van der Waals surface area contributed by atoms with Crippen molar-refractivity contribution >= 4 is 29.1 Å². The Morgan fingerprint density at radius 3 is 2.81 bits per heavy atom. The predicted molar refractivity (Wildman–Crippen MR) is 120 cm³/mol. The molecule has 32 heavy (non-hydrogen) atoms. The van der Waals surface area contributed by atoms with Crippen LogP contribution in [0, 0.1) is 16.8 Å². The van der Waals surface area contributed by atoms with Gasteiger partial charge in [0, 0.05) is 41.2 Å². The third kappa shape index (κ3) is 5.13. The van der Waals surface area contributed by atoms with E-state index in [1.165, 1.54) is 33.3 Å². The van der Waals surface area contributed by atoms with Gasteiger partial charge in [0.25, 0.3) is 0 Å². The van der Waals surface area contributed by atoms with Crippen LogP contribution in [0.25, 0.3) is 11.3 Å². The molecule has 3 rings (SSSR count). The first-order valence-corrected chi connectivity index (χ1v) is 9.91. The molecule has 1 heterocycles. The fourth-order valence-corrected chi connectivity index (χ4v) is 3.33. The van der Waals surface area contributed by atoms with Gasteiger partial charge in [0.15, 0.2) is 5.82 Å². The average molecular weight is 461 g/mol. The molecule has 0 saturated heterocycles. The standard InChI is InChI=1S/C21H21F2N5O3S/c1-24-21(29)28(2,30)11-12-8-14(5-7-18(12)32)26-20-25-10-16(23)19(27-20)15-6-4-13(22)9-17(15)31-3/h4-6,8-10H,7,11H2,1-3H3,(H,24,29)(H,25,26,27). The van der Waals surface area contributed by atoms with Gasteiger partial charge in [0.2, 0.25) is 5.95 Å². The maximum absolute atomic E-state index is 14.4. The number of hydrogen-bond donors (Lipinski definition) is 2. The van der Waals surface area contributed by atoms with Crippen molar-refractivity contribution < 1.29 is 23.0 Å². The quantitative estimate of drug-likeness (QED) is 0.384. The minimum Gasteiger partial charge on any atom is -0.624 e. The van der Waals surface area contributed by atoms with Gasteiger partial charge in [-0.3, -0.25) is 4.65 Å². The second-order valence-corrected chi connectivity index (χ2v) is 7.62. The fraction of sp³-hybridized carbons (Fsp3) is 0.238. The Morgan fingerprint density at radius 1 is 1.38 bits per heavy atom. The molecule has 1 aromatic carbocycles. The number of carbonyl (C=O) groups excluding carboxylic acids is 1. The summed E-state index contributed by atoms with van der Waals surface area (Å²) in [6, 6.07) is 2.98. The van der Waals surface area contributed by atoms with Gasteiger partial charge < -0.3 is 20.6 Å². The van der Waals surface area contributed by atoms with Gasteiger partial charge in [-0.15, -0.1) is 0 Å². The molecule has 168 valence electrons. The van der Waals surface area contributed by atoms with Crippen molar-refractivity contribution in [3.05, 3.63) is 64.7 Å². The van der Waals surface area contributed by atoms with Crippen LogP contribution in [-0.2, 0) is 0 Å². The zero-order valence-electron chi connectivity index (χ0n) is 17.6. The lowest BCUT2D eigenvalue weighted by molar-refractivity contribution is -0.771. The van der Waals surface area contributed by atoms with Crippen molar-refractivity contribution in [2.45, 2.75) is 6.42 Å². The van der Waals surface area contributed by atoms with Crippen LogP contribution >= 0.6 is 12.2 Å². The highest BCUT2D eigenvalue weighted by molar-refractivity contribution is 7.80. The molecule has 0 aliphatic heterocycles. The van der Waals surface area contributed by atoms with Gasteiger partial charge in [0.05, 0.1) is 20.4 Å². The molecule has 1 unspecified atom stereocenters. The summed E-state index contributed by atoms with van der Waals surface area (Å²) in [5, 5.41) is 17.8. The molecule has 2 amide bonds. The molecule has 1 aromatic heterocycles. The van der Waals surface area contributed by atoms with E-state index in [2.05, 4.69) is 20.6 Å². The number of anilines is 1. The molecular weight excluding hydrogens is 440 g/mol. The highest BCUT2D eigenvalue weighted by Gasteiger charge is 2.25. The Labute approximate surface area is 188 Å². The van der Waals surface area contributed by atoms with Gasteiger partial charge in [-0.1, -0.05) is 18.3 Å². The predicted octanol–water partition coefficient (Wildman–Crippen LogP) is 3.71. The van der Waals surface area contributed by atoms with Crippen LogP contribution in [0.1, 0.15) is 6.42 Å². The van der Waals surface area contributed by atoms with E-state index >= 15 is 0 Å². The number of urea groups is 1. The van der Waals surface area contributed by atoms with Crippen molar-refractivity contribution in [3.8, 4) is 17.0 Å². The SMILES string of the molecule is CNC(=O)[N+](C)([O-])CC1=CC(Nc2ncc(F)c(-c3ccc(F)cc3OC)n2)=CCC1=S. The van der Waals surface area contributed by atoms with Gasteiger partial charge in [-0.05, 0) is 18.2 Å². The monoisotopic (exact) mass is 461 g/mol. The van der Waals surface area contributed by atoms with Crippen LogP contribution in [0.5, 0.6) is 5.75 Å². The molecule has 2 N–H and O–H groups in total. The van der Waals surface area contributed by atoms with Crippen molar-refractivity contribution in [1.29, 1.82) is 0 Å². The number of nitrogens with zero attached hydrogens (tertiary/aromatic N) is 3. The second-order valence-electron chi connectivity index (χ2n) is 7.13. The number of likely N-dealkylation sites (N-methyl/N-ethyl adjacent to an activating group) is 1. The maximum Gasteiger partial charge on any atom is 0.416 e. The smallest absolute Gasteiger partial charge is 0.416 e. The van der Waals surface area contributed by atoms with E-state index in [0.29, 0.717) is 22.6 Å². The number of benzene rings is 1. The minimum absolute atomic E-state index is 0.0705. The molecule has 8 nitrogen and oxygen atoms in total. The lowest BCUT2D eigenvalue weighted by Crippen LogP contribution is -2.50. The van der Waals surface area contributed by atoms with Gasteiger partial charge in [-0.25, -0.2) is 23.5 Å². The number of ether oxygens (including phenoxy) is 1. The Kier molecular flexibility index (Phi) is 6.92. The number of amides is 2. The van der Waals surface area contributed by atoms with E-state index in [4.69, 9.17) is 17.0 Å². The molecule has 0 saturated carbocycles. The summed E-state index contributed by atoms with van der Waals surface area (Å²) in [7, 11) is 3.97. The maximum atomic E-state index is 14.4. The minimum atomic E-state index is -1.17. The lowest BCUT2D eigenvalue weighted by Gasteiger charge is -2.35. The number of methoxy groups -OCH3 is 1. The molecule has 0 radical (unpaired) electrons. The first-order valence-electron chi connectivity index (χ1n) is 9.51. The molecule has 2 aromatic rings. The van der Waals surface area contributed by atoms with E-state index in [1.54, 1.807) is 12.2 Å². The van der Waals surface area contributed by atoms with E-state index in [0.717, 1.165) is 12.3 Å². The van der Waals surface area contributed by atoms with Gasteiger partial charge in [0.1, 0.15) is 23.8 Å². The summed E-state index contributed by atoms with van der Waals surface area (Å²) in [6.45, 7) is -0.153. The molecular formula is C21H21F2N5O3S. The first kappa shape index (κ1) is 23.4. The summed E-state index contributed by atoms with van der Waals surface area (Å²) >= 11 is 5.33. The third-order valence-corrected chi connectivity index (χ3v) is 5.16. The molecule has 1 atom stereocenters. The summed E-state index contributed by atoms with van der Waals surface area (Å²) < 4.78 is 31.9. The Hall–Kier alpha value is -3.28. The molecule has 1 aliphatic rings. The third-order valence-electron chi connectivity index (χ3n) is 4.73. The summed E-state index contributed by atoms with van der Waals surface area (Å²) in [5.74, 6) is -1.03. The van der Waals surface area contributed by atoms with E-state index in [9.17, 15) is 18.8 Å². The first-order chi connectivity index (χ1) is 15.1. The summed E-state index contributed by atoms with van der Waals surface area (Å²) in [4.78, 5) is 20.5. The summed E-state index contributed by atoms with van der Waals surface area (Å²) in [5.41, 5.74) is 1.25. The number of carbonyl (C=O) groups is 1. The normalized spacial score (nSPS) is 15.4. The van der Waals surface area contributed by atoms with E-state index < -0.39 is 22.3 Å². The van der Waals surface area contributed by atoms with Gasteiger partial charge in [-0.2, -0.15) is 0 Å². The number of aromatic nitrogens is 2. The lowest BCUT2D eigenvalue weighted by atomic mass is 10.0. The van der Waals surface area contributed by atoms with E-state index in [-0.39, 0.29) is 29.5 Å². The number of quaternary nitrogens is 1. The highest BCUT2D eigenvalue weighted by atomic mass is 32.1. The number of hydrogen-bond acceptors (Lipinski definition) is 7. The molecule has 1 aliphatic carbocycles. The van der Waals surface area contributed by atoms with Crippen molar-refractivity contribution in [2.75, 3.05) is 33.1 Å². The number of rotatable bonds is 6. The molecule has 0 spiro atoms. The van der Waals surface area contributed by atoms with Crippen LogP contribution in [-0.4, -0.2) is 53.3 Å². The number of nitrogens with one attached hydrogen (secondary N) is 2. The number of hydroxylamine groups is 3. The number of thiocarbonyl (C=S) groups is 1. The molecule has 0 fully saturated rings. The Balaban J connectivity index is 1.88. The highest BCUT2D eigenvalue weighted by Crippen LogP contribution is 2.31. The zero-order chi connectivity index (χ0) is 23.5. The largest absolute Gasteiger partial charge is 0.624 e. The second kappa shape index (κ2) is 9.47. The van der Waals surface area contributed by atoms with Crippen molar-refractivity contribution in [3.63, 3.8) is 0 Å². The average Bonchev–Trinajstić information content (AvgIpc) is 2.76.